The number of rotatable bonds is 6. The molecule has 2 unspecified atom stereocenters. The molecule has 2 rings (SSSR count). The van der Waals surface area contributed by atoms with Crippen molar-refractivity contribution in [3.63, 3.8) is 0 Å². The Morgan fingerprint density at radius 2 is 2.11 bits per heavy atom. The normalized spacial score (nSPS) is 23.1. The molecule has 106 valence electrons. The maximum absolute atomic E-state index is 5.85. The van der Waals surface area contributed by atoms with E-state index >= 15 is 0 Å². The molecule has 5 nitrogen and oxygen atoms in total. The van der Waals surface area contributed by atoms with E-state index in [9.17, 15) is 0 Å². The predicted octanol–water partition coefficient (Wildman–Crippen LogP) is 2.05. The largest absolute Gasteiger partial charge is 0.478 e. The van der Waals surface area contributed by atoms with E-state index in [1.54, 1.807) is 0 Å². The van der Waals surface area contributed by atoms with Crippen molar-refractivity contribution in [2.45, 2.75) is 32.6 Å². The van der Waals surface area contributed by atoms with Crippen LogP contribution in [0.15, 0.2) is 12.4 Å². The van der Waals surface area contributed by atoms with Gasteiger partial charge in [0.2, 0.25) is 5.88 Å². The first-order valence-corrected chi connectivity index (χ1v) is 7.22. The summed E-state index contributed by atoms with van der Waals surface area (Å²) in [5, 5.41) is 3.39. The van der Waals surface area contributed by atoms with E-state index in [2.05, 4.69) is 15.3 Å². The predicted molar refractivity (Wildman–Crippen MR) is 76.2 cm³/mol. The maximum atomic E-state index is 5.85. The monoisotopic (exact) mass is 264 g/mol. The summed E-state index contributed by atoms with van der Waals surface area (Å²) in [6, 6.07) is 1.85. The standard InChI is InChI=1S/C14H24N4O/c1-2-19-14-7-13(17-10-18-14)16-9-12-6-4-3-5-11(12)8-15/h7,10-12H,2-6,8-9,15H2,1H3,(H,16,17,18). The number of anilines is 1. The molecule has 1 aromatic heterocycles. The summed E-state index contributed by atoms with van der Waals surface area (Å²) >= 11 is 0. The molecule has 1 heterocycles. The summed E-state index contributed by atoms with van der Waals surface area (Å²) in [6.45, 7) is 4.29. The van der Waals surface area contributed by atoms with E-state index < -0.39 is 0 Å². The van der Waals surface area contributed by atoms with Crippen molar-refractivity contribution in [3.05, 3.63) is 12.4 Å². The number of ether oxygens (including phenoxy) is 1. The Hall–Kier alpha value is -1.36. The molecule has 0 radical (unpaired) electrons. The van der Waals surface area contributed by atoms with Crippen LogP contribution in [0.5, 0.6) is 5.88 Å². The van der Waals surface area contributed by atoms with E-state index in [4.69, 9.17) is 10.5 Å². The first-order chi connectivity index (χ1) is 9.33. The van der Waals surface area contributed by atoms with Gasteiger partial charge in [-0.3, -0.25) is 0 Å². The lowest BCUT2D eigenvalue weighted by Crippen LogP contribution is -2.31. The van der Waals surface area contributed by atoms with Gasteiger partial charge in [-0.2, -0.15) is 0 Å². The average Bonchev–Trinajstić information content (AvgIpc) is 2.46. The Bertz CT molecular complexity index is 385. The summed E-state index contributed by atoms with van der Waals surface area (Å²) in [6.07, 6.45) is 6.70. The second kappa shape index (κ2) is 7.28. The van der Waals surface area contributed by atoms with Crippen LogP contribution in [-0.2, 0) is 0 Å². The molecule has 0 aliphatic heterocycles. The van der Waals surface area contributed by atoms with E-state index in [1.165, 1.54) is 32.0 Å². The fourth-order valence-electron chi connectivity index (χ4n) is 2.76. The molecule has 1 aliphatic rings. The van der Waals surface area contributed by atoms with Crippen molar-refractivity contribution >= 4 is 5.82 Å². The van der Waals surface area contributed by atoms with Gasteiger partial charge in [-0.05, 0) is 38.1 Å². The lowest BCUT2D eigenvalue weighted by Gasteiger charge is -2.30. The van der Waals surface area contributed by atoms with Crippen LogP contribution in [0, 0.1) is 11.8 Å². The minimum absolute atomic E-state index is 0.619. The third-order valence-electron chi connectivity index (χ3n) is 3.85. The highest BCUT2D eigenvalue weighted by molar-refractivity contribution is 5.37. The van der Waals surface area contributed by atoms with Crippen LogP contribution in [0.2, 0.25) is 0 Å². The Labute approximate surface area is 115 Å². The second-order valence-electron chi connectivity index (χ2n) is 5.10. The van der Waals surface area contributed by atoms with Gasteiger partial charge in [-0.25, -0.2) is 9.97 Å². The minimum Gasteiger partial charge on any atom is -0.478 e. The van der Waals surface area contributed by atoms with Gasteiger partial charge < -0.3 is 15.8 Å². The van der Waals surface area contributed by atoms with Crippen molar-refractivity contribution in [3.8, 4) is 5.88 Å². The summed E-state index contributed by atoms with van der Waals surface area (Å²) in [5.74, 6) is 2.76. The number of nitrogens with two attached hydrogens (primary N) is 1. The highest BCUT2D eigenvalue weighted by Crippen LogP contribution is 2.29. The molecule has 1 fully saturated rings. The van der Waals surface area contributed by atoms with Crippen LogP contribution >= 0.6 is 0 Å². The van der Waals surface area contributed by atoms with Crippen LogP contribution < -0.4 is 15.8 Å². The zero-order valence-corrected chi connectivity index (χ0v) is 11.6. The lowest BCUT2D eigenvalue weighted by molar-refractivity contribution is 0.255. The first-order valence-electron chi connectivity index (χ1n) is 7.22. The number of aromatic nitrogens is 2. The van der Waals surface area contributed by atoms with Gasteiger partial charge in [0.15, 0.2) is 0 Å². The quantitative estimate of drug-likeness (QED) is 0.822. The third-order valence-corrected chi connectivity index (χ3v) is 3.85. The van der Waals surface area contributed by atoms with Crippen molar-refractivity contribution in [2.75, 3.05) is 25.0 Å². The number of hydrogen-bond acceptors (Lipinski definition) is 5. The molecule has 2 atom stereocenters. The summed E-state index contributed by atoms with van der Waals surface area (Å²) < 4.78 is 5.37. The van der Waals surface area contributed by atoms with Crippen LogP contribution in [0.4, 0.5) is 5.82 Å². The Morgan fingerprint density at radius 1 is 1.32 bits per heavy atom. The van der Waals surface area contributed by atoms with Crippen molar-refractivity contribution in [1.82, 2.24) is 9.97 Å². The van der Waals surface area contributed by atoms with Gasteiger partial charge in [0.05, 0.1) is 6.61 Å². The van der Waals surface area contributed by atoms with E-state index in [-0.39, 0.29) is 0 Å². The molecule has 19 heavy (non-hydrogen) atoms. The topological polar surface area (TPSA) is 73.1 Å². The molecule has 1 saturated carbocycles. The van der Waals surface area contributed by atoms with Crippen LogP contribution in [0.1, 0.15) is 32.6 Å². The summed E-state index contributed by atoms with van der Waals surface area (Å²) in [4.78, 5) is 8.29. The van der Waals surface area contributed by atoms with Gasteiger partial charge in [0.1, 0.15) is 12.1 Å². The van der Waals surface area contributed by atoms with E-state index in [0.29, 0.717) is 24.3 Å². The SMILES string of the molecule is CCOc1cc(NCC2CCCCC2CN)ncn1. The lowest BCUT2D eigenvalue weighted by atomic mass is 9.79. The third kappa shape index (κ3) is 4.06. The highest BCUT2D eigenvalue weighted by atomic mass is 16.5. The Balaban J connectivity index is 1.88. The molecule has 1 aromatic rings. The average molecular weight is 264 g/mol. The van der Waals surface area contributed by atoms with Gasteiger partial charge in [-0.1, -0.05) is 12.8 Å². The van der Waals surface area contributed by atoms with Gasteiger partial charge >= 0.3 is 0 Å². The Kier molecular flexibility index (Phi) is 5.39. The molecule has 0 saturated heterocycles. The van der Waals surface area contributed by atoms with Crippen molar-refractivity contribution < 1.29 is 4.74 Å². The summed E-state index contributed by atoms with van der Waals surface area (Å²) in [7, 11) is 0. The van der Waals surface area contributed by atoms with Crippen molar-refractivity contribution in [1.29, 1.82) is 0 Å². The molecule has 0 bridgehead atoms. The zero-order valence-electron chi connectivity index (χ0n) is 11.6. The zero-order chi connectivity index (χ0) is 13.5. The van der Waals surface area contributed by atoms with Crippen LogP contribution in [0.25, 0.3) is 0 Å². The smallest absolute Gasteiger partial charge is 0.218 e. The van der Waals surface area contributed by atoms with E-state index in [1.807, 2.05) is 13.0 Å². The van der Waals surface area contributed by atoms with Gasteiger partial charge in [0.25, 0.3) is 0 Å². The molecule has 0 amide bonds. The van der Waals surface area contributed by atoms with Crippen LogP contribution in [0.3, 0.4) is 0 Å². The molecule has 1 aliphatic carbocycles. The number of nitrogens with zero attached hydrogens (tertiary/aromatic N) is 2. The molecular weight excluding hydrogens is 240 g/mol. The van der Waals surface area contributed by atoms with Crippen molar-refractivity contribution in [2.24, 2.45) is 17.6 Å². The van der Waals surface area contributed by atoms with Gasteiger partial charge in [0, 0.05) is 12.6 Å². The molecule has 0 aromatic carbocycles. The fraction of sp³-hybridized carbons (Fsp3) is 0.714. The van der Waals surface area contributed by atoms with Crippen LogP contribution in [-0.4, -0.2) is 29.7 Å². The molecule has 3 N–H and O–H groups in total. The minimum atomic E-state index is 0.619. The second-order valence-corrected chi connectivity index (χ2v) is 5.10. The first kappa shape index (κ1) is 14.1. The highest BCUT2D eigenvalue weighted by Gasteiger charge is 2.23. The van der Waals surface area contributed by atoms with Gasteiger partial charge in [-0.15, -0.1) is 0 Å². The number of hydrogen-bond donors (Lipinski definition) is 2. The maximum Gasteiger partial charge on any atom is 0.218 e. The molecular formula is C14H24N4O. The Morgan fingerprint density at radius 3 is 2.84 bits per heavy atom. The summed E-state index contributed by atoms with van der Waals surface area (Å²) in [5.41, 5.74) is 5.85. The molecule has 5 heteroatoms. The molecule has 0 spiro atoms. The fourth-order valence-corrected chi connectivity index (χ4v) is 2.76. The van der Waals surface area contributed by atoms with E-state index in [0.717, 1.165) is 18.9 Å². The number of nitrogens with one attached hydrogen (secondary N) is 1.